The van der Waals surface area contributed by atoms with Gasteiger partial charge in [-0.1, -0.05) is 12.1 Å². The molecule has 2 aromatic rings. The number of fused-ring (bicyclic) bond motifs is 2. The van der Waals surface area contributed by atoms with Crippen LogP contribution in [0.5, 0.6) is 17.2 Å². The van der Waals surface area contributed by atoms with Crippen LogP contribution >= 0.6 is 0 Å². The Labute approximate surface area is 151 Å². The van der Waals surface area contributed by atoms with Gasteiger partial charge in [0.25, 0.3) is 0 Å². The number of benzene rings is 2. The Morgan fingerprint density at radius 2 is 1.85 bits per heavy atom. The summed E-state index contributed by atoms with van der Waals surface area (Å²) in [5.74, 6) is 2.40. The first kappa shape index (κ1) is 15.3. The first-order valence-electron chi connectivity index (χ1n) is 8.85. The van der Waals surface area contributed by atoms with Crippen LogP contribution in [-0.2, 0) is 4.79 Å². The highest BCUT2D eigenvalue weighted by Gasteiger charge is 2.36. The number of ketones is 1. The fourth-order valence-corrected chi connectivity index (χ4v) is 4.09. The predicted molar refractivity (Wildman–Crippen MR) is 96.9 cm³/mol. The SMILES string of the molecule is COc1ccc([C@@H]2C3=C(CCCC3=O)Nc3cc4c(cc32)OCO4)cc1. The molecule has 26 heavy (non-hydrogen) atoms. The maximum atomic E-state index is 12.8. The first-order valence-corrected chi connectivity index (χ1v) is 8.85. The molecule has 2 heterocycles. The number of allylic oxidation sites excluding steroid dienone is 2. The van der Waals surface area contributed by atoms with Gasteiger partial charge in [0.05, 0.1) is 7.11 Å². The zero-order valence-electron chi connectivity index (χ0n) is 14.5. The number of carbonyl (C=O) groups is 1. The van der Waals surface area contributed by atoms with Gasteiger partial charge in [-0.3, -0.25) is 4.79 Å². The van der Waals surface area contributed by atoms with Crippen LogP contribution in [0.2, 0.25) is 0 Å². The molecule has 0 aromatic heterocycles. The van der Waals surface area contributed by atoms with Gasteiger partial charge in [0.1, 0.15) is 5.75 Å². The minimum absolute atomic E-state index is 0.102. The number of Topliss-reactive ketones (excluding diaryl/α,β-unsaturated/α-hetero) is 1. The van der Waals surface area contributed by atoms with Crippen LogP contribution in [0.4, 0.5) is 5.69 Å². The molecule has 0 fully saturated rings. The molecular formula is C21H19NO4. The van der Waals surface area contributed by atoms with Crippen LogP contribution in [-0.4, -0.2) is 19.7 Å². The number of ether oxygens (including phenoxy) is 3. The van der Waals surface area contributed by atoms with Crippen molar-refractivity contribution in [1.82, 2.24) is 0 Å². The Morgan fingerprint density at radius 3 is 2.62 bits per heavy atom. The molecule has 0 saturated heterocycles. The summed E-state index contributed by atoms with van der Waals surface area (Å²) in [6, 6.07) is 11.9. The molecule has 3 aliphatic rings. The molecule has 1 atom stereocenters. The molecule has 0 amide bonds. The van der Waals surface area contributed by atoms with Gasteiger partial charge < -0.3 is 19.5 Å². The molecule has 0 unspecified atom stereocenters. The summed E-state index contributed by atoms with van der Waals surface area (Å²) in [6.45, 7) is 0.234. The second kappa shape index (κ2) is 5.80. The molecule has 0 saturated carbocycles. The van der Waals surface area contributed by atoms with Crippen molar-refractivity contribution in [2.45, 2.75) is 25.2 Å². The number of anilines is 1. The van der Waals surface area contributed by atoms with Crippen molar-refractivity contribution in [2.24, 2.45) is 0 Å². The van der Waals surface area contributed by atoms with Crippen molar-refractivity contribution in [2.75, 3.05) is 19.2 Å². The van der Waals surface area contributed by atoms with Gasteiger partial charge in [0.2, 0.25) is 6.79 Å². The van der Waals surface area contributed by atoms with E-state index in [0.29, 0.717) is 6.42 Å². The highest BCUT2D eigenvalue weighted by molar-refractivity contribution is 6.01. The Kier molecular flexibility index (Phi) is 3.42. The number of carbonyl (C=O) groups excluding carboxylic acids is 1. The summed E-state index contributed by atoms with van der Waals surface area (Å²) in [4.78, 5) is 12.8. The lowest BCUT2D eigenvalue weighted by molar-refractivity contribution is -0.116. The van der Waals surface area contributed by atoms with Crippen molar-refractivity contribution >= 4 is 11.5 Å². The zero-order valence-corrected chi connectivity index (χ0v) is 14.5. The average molecular weight is 349 g/mol. The van der Waals surface area contributed by atoms with Crippen molar-refractivity contribution in [3.05, 3.63) is 58.8 Å². The molecule has 0 radical (unpaired) electrons. The van der Waals surface area contributed by atoms with Crippen LogP contribution in [0.1, 0.15) is 36.3 Å². The number of hydrogen-bond donors (Lipinski definition) is 1. The van der Waals surface area contributed by atoms with Crippen LogP contribution in [0, 0.1) is 0 Å². The van der Waals surface area contributed by atoms with Gasteiger partial charge in [0, 0.05) is 35.4 Å². The van der Waals surface area contributed by atoms with Gasteiger partial charge in [-0.15, -0.1) is 0 Å². The van der Waals surface area contributed by atoms with Crippen LogP contribution in [0.15, 0.2) is 47.7 Å². The third kappa shape index (κ3) is 2.27. The van der Waals surface area contributed by atoms with E-state index in [0.717, 1.165) is 58.2 Å². The molecule has 1 aliphatic carbocycles. The molecule has 2 aromatic carbocycles. The third-order valence-corrected chi connectivity index (χ3v) is 5.34. The van der Waals surface area contributed by atoms with Gasteiger partial charge in [0.15, 0.2) is 17.3 Å². The lowest BCUT2D eigenvalue weighted by Gasteiger charge is -2.34. The summed E-state index contributed by atoms with van der Waals surface area (Å²) in [5, 5.41) is 3.48. The lowest BCUT2D eigenvalue weighted by Crippen LogP contribution is -2.26. The topological polar surface area (TPSA) is 56.8 Å². The van der Waals surface area contributed by atoms with E-state index < -0.39 is 0 Å². The Hall–Kier alpha value is -2.95. The van der Waals surface area contributed by atoms with E-state index in [1.165, 1.54) is 0 Å². The van der Waals surface area contributed by atoms with Crippen LogP contribution < -0.4 is 19.5 Å². The summed E-state index contributed by atoms with van der Waals surface area (Å²) in [5.41, 5.74) is 5.04. The van der Waals surface area contributed by atoms with Gasteiger partial charge in [-0.2, -0.15) is 0 Å². The number of rotatable bonds is 2. The highest BCUT2D eigenvalue weighted by Crippen LogP contribution is 2.49. The summed E-state index contributed by atoms with van der Waals surface area (Å²) < 4.78 is 16.4. The van der Waals surface area contributed by atoms with E-state index in [4.69, 9.17) is 14.2 Å². The maximum Gasteiger partial charge on any atom is 0.231 e. The average Bonchev–Trinajstić information content (AvgIpc) is 3.12. The first-order chi connectivity index (χ1) is 12.7. The zero-order chi connectivity index (χ0) is 17.7. The van der Waals surface area contributed by atoms with E-state index in [9.17, 15) is 4.79 Å². The quantitative estimate of drug-likeness (QED) is 0.888. The molecule has 1 N–H and O–H groups in total. The van der Waals surface area contributed by atoms with Gasteiger partial charge in [-0.25, -0.2) is 0 Å². The Morgan fingerprint density at radius 1 is 1.08 bits per heavy atom. The molecule has 0 spiro atoms. The van der Waals surface area contributed by atoms with E-state index in [1.54, 1.807) is 7.11 Å². The fraction of sp³-hybridized carbons (Fsp3) is 0.286. The van der Waals surface area contributed by atoms with E-state index >= 15 is 0 Å². The minimum Gasteiger partial charge on any atom is -0.497 e. The summed E-state index contributed by atoms with van der Waals surface area (Å²) in [7, 11) is 1.65. The highest BCUT2D eigenvalue weighted by atomic mass is 16.7. The minimum atomic E-state index is -0.102. The van der Waals surface area contributed by atoms with Gasteiger partial charge >= 0.3 is 0 Å². The van der Waals surface area contributed by atoms with E-state index in [1.807, 2.05) is 36.4 Å². The van der Waals surface area contributed by atoms with Crippen LogP contribution in [0.25, 0.3) is 0 Å². The molecule has 5 heteroatoms. The Bertz CT molecular complexity index is 930. The number of methoxy groups -OCH3 is 1. The monoisotopic (exact) mass is 349 g/mol. The van der Waals surface area contributed by atoms with Crippen molar-refractivity contribution in [3.63, 3.8) is 0 Å². The second-order valence-electron chi connectivity index (χ2n) is 6.79. The molecule has 5 rings (SSSR count). The van der Waals surface area contributed by atoms with E-state index in [2.05, 4.69) is 5.32 Å². The normalized spacial score (nSPS) is 20.3. The third-order valence-electron chi connectivity index (χ3n) is 5.34. The van der Waals surface area contributed by atoms with E-state index in [-0.39, 0.29) is 18.5 Å². The van der Waals surface area contributed by atoms with Crippen LogP contribution in [0.3, 0.4) is 0 Å². The predicted octanol–water partition coefficient (Wildman–Crippen LogP) is 3.99. The molecular weight excluding hydrogens is 330 g/mol. The number of nitrogens with one attached hydrogen (secondary N) is 1. The van der Waals surface area contributed by atoms with Gasteiger partial charge in [-0.05, 0) is 42.2 Å². The standard InChI is InChI=1S/C21H19NO4/c1-24-13-7-5-12(6-8-13)20-14-9-18-19(26-11-25-18)10-16(14)22-15-3-2-4-17(23)21(15)20/h5-10,20,22H,2-4,11H2,1H3/t20-/m0/s1. The van der Waals surface area contributed by atoms with Crippen molar-refractivity contribution in [1.29, 1.82) is 0 Å². The van der Waals surface area contributed by atoms with Crippen molar-refractivity contribution in [3.8, 4) is 17.2 Å². The second-order valence-corrected chi connectivity index (χ2v) is 6.79. The fourth-order valence-electron chi connectivity index (χ4n) is 4.09. The summed E-state index contributed by atoms with van der Waals surface area (Å²) in [6.07, 6.45) is 2.38. The summed E-state index contributed by atoms with van der Waals surface area (Å²) >= 11 is 0. The maximum absolute atomic E-state index is 12.8. The Balaban J connectivity index is 1.70. The largest absolute Gasteiger partial charge is 0.497 e. The lowest BCUT2D eigenvalue weighted by atomic mass is 9.75. The molecule has 2 aliphatic heterocycles. The number of hydrogen-bond acceptors (Lipinski definition) is 5. The smallest absolute Gasteiger partial charge is 0.231 e. The molecule has 5 nitrogen and oxygen atoms in total. The molecule has 132 valence electrons. The molecule has 0 bridgehead atoms. The van der Waals surface area contributed by atoms with Crippen molar-refractivity contribution < 1.29 is 19.0 Å².